The maximum atomic E-state index is 12.8. The zero-order valence-corrected chi connectivity index (χ0v) is 19.1. The minimum atomic E-state index is -0.251. The SMILES string of the molecule is CN1CCN(c2ccc3nc(-c4ccc(-c5ccn6ncnc6c5)c5c4C(=O)N=C5)[nH]c3c2)CC1. The Morgan fingerprint density at radius 1 is 0.971 bits per heavy atom. The van der Waals surface area contributed by atoms with Gasteiger partial charge < -0.3 is 14.8 Å². The molecule has 9 nitrogen and oxygen atoms in total. The largest absolute Gasteiger partial charge is 0.369 e. The number of benzene rings is 2. The van der Waals surface area contributed by atoms with Crippen molar-refractivity contribution < 1.29 is 4.79 Å². The first-order chi connectivity index (χ1) is 17.1. The molecule has 0 spiro atoms. The first-order valence-corrected chi connectivity index (χ1v) is 11.6. The van der Waals surface area contributed by atoms with Crippen LogP contribution in [0.2, 0.25) is 0 Å². The van der Waals surface area contributed by atoms with Gasteiger partial charge in [-0.3, -0.25) is 4.79 Å². The highest BCUT2D eigenvalue weighted by Gasteiger charge is 2.26. The molecule has 172 valence electrons. The van der Waals surface area contributed by atoms with Crippen molar-refractivity contribution in [3.63, 3.8) is 0 Å². The number of likely N-dealkylation sites (N-methyl/N-ethyl adjacent to an activating group) is 1. The number of H-pyrrole nitrogens is 1. The first-order valence-electron chi connectivity index (χ1n) is 11.6. The maximum absolute atomic E-state index is 12.8. The maximum Gasteiger partial charge on any atom is 0.278 e. The topological polar surface area (TPSA) is 94.8 Å². The van der Waals surface area contributed by atoms with Crippen LogP contribution < -0.4 is 4.90 Å². The number of aliphatic imine (C=N–C) groups is 1. The van der Waals surface area contributed by atoms with Crippen LogP contribution in [0.1, 0.15) is 15.9 Å². The highest BCUT2D eigenvalue weighted by Crippen LogP contribution is 2.36. The van der Waals surface area contributed by atoms with E-state index in [9.17, 15) is 4.79 Å². The van der Waals surface area contributed by atoms with Crippen LogP contribution in [0.25, 0.3) is 39.2 Å². The number of hydrogen-bond donors (Lipinski definition) is 1. The quantitative estimate of drug-likeness (QED) is 0.442. The molecule has 1 fully saturated rings. The number of aromatic nitrogens is 5. The molecular weight excluding hydrogens is 440 g/mol. The van der Waals surface area contributed by atoms with Gasteiger partial charge in [-0.25, -0.2) is 19.5 Å². The summed E-state index contributed by atoms with van der Waals surface area (Å²) >= 11 is 0. The minimum Gasteiger partial charge on any atom is -0.369 e. The van der Waals surface area contributed by atoms with E-state index >= 15 is 0 Å². The summed E-state index contributed by atoms with van der Waals surface area (Å²) in [5.74, 6) is 0.420. The van der Waals surface area contributed by atoms with E-state index in [1.165, 1.54) is 12.0 Å². The monoisotopic (exact) mass is 462 g/mol. The van der Waals surface area contributed by atoms with Crippen molar-refractivity contribution in [2.45, 2.75) is 0 Å². The number of hydrogen-bond acceptors (Lipinski definition) is 6. The summed E-state index contributed by atoms with van der Waals surface area (Å²) in [6, 6.07) is 14.2. The predicted octanol–water partition coefficient (Wildman–Crippen LogP) is 3.26. The van der Waals surface area contributed by atoms with E-state index in [1.54, 1.807) is 10.7 Å². The molecule has 5 aromatic rings. The van der Waals surface area contributed by atoms with Crippen molar-refractivity contribution >= 4 is 34.5 Å². The van der Waals surface area contributed by atoms with E-state index in [2.05, 4.69) is 49.0 Å². The molecule has 0 atom stereocenters. The van der Waals surface area contributed by atoms with Gasteiger partial charge in [-0.05, 0) is 54.6 Å². The lowest BCUT2D eigenvalue weighted by molar-refractivity contribution is 0.101. The number of carbonyl (C=O) groups excluding carboxylic acids is 1. The summed E-state index contributed by atoms with van der Waals surface area (Å²) in [6.45, 7) is 4.11. The minimum absolute atomic E-state index is 0.251. The Morgan fingerprint density at radius 3 is 2.71 bits per heavy atom. The van der Waals surface area contributed by atoms with Crippen LogP contribution in [0.3, 0.4) is 0 Å². The zero-order valence-electron chi connectivity index (χ0n) is 19.1. The fourth-order valence-corrected chi connectivity index (χ4v) is 4.99. The summed E-state index contributed by atoms with van der Waals surface area (Å²) in [5.41, 5.74) is 7.77. The van der Waals surface area contributed by atoms with Gasteiger partial charge in [0.1, 0.15) is 12.2 Å². The molecule has 0 aliphatic carbocycles. The number of anilines is 1. The first kappa shape index (κ1) is 20.0. The molecule has 2 aliphatic rings. The average molecular weight is 463 g/mol. The second-order valence-electron chi connectivity index (χ2n) is 9.07. The van der Waals surface area contributed by atoms with Gasteiger partial charge in [0.25, 0.3) is 5.91 Å². The smallest absolute Gasteiger partial charge is 0.278 e. The third-order valence-corrected chi connectivity index (χ3v) is 6.95. The van der Waals surface area contributed by atoms with Gasteiger partial charge in [-0.2, -0.15) is 5.10 Å². The number of carbonyl (C=O) groups is 1. The summed E-state index contributed by atoms with van der Waals surface area (Å²) in [7, 11) is 2.16. The predicted molar refractivity (Wildman–Crippen MR) is 135 cm³/mol. The van der Waals surface area contributed by atoms with E-state index in [4.69, 9.17) is 4.98 Å². The molecule has 2 aromatic carbocycles. The molecule has 1 amide bonds. The number of nitrogens with one attached hydrogen (secondary N) is 1. The molecule has 0 bridgehead atoms. The summed E-state index contributed by atoms with van der Waals surface area (Å²) in [5, 5.41) is 4.16. The Labute approximate surface area is 200 Å². The van der Waals surface area contributed by atoms with Crippen molar-refractivity contribution in [3.05, 3.63) is 66.1 Å². The second kappa shape index (κ2) is 7.57. The van der Waals surface area contributed by atoms with Crippen molar-refractivity contribution in [1.29, 1.82) is 0 Å². The zero-order chi connectivity index (χ0) is 23.5. The van der Waals surface area contributed by atoms with Gasteiger partial charge in [-0.1, -0.05) is 6.07 Å². The van der Waals surface area contributed by atoms with Gasteiger partial charge in [0.05, 0.1) is 16.6 Å². The number of fused-ring (bicyclic) bond motifs is 3. The van der Waals surface area contributed by atoms with E-state index in [1.807, 2.05) is 36.5 Å². The molecule has 0 unspecified atom stereocenters. The summed E-state index contributed by atoms with van der Waals surface area (Å²) in [4.78, 5) is 34.2. The lowest BCUT2D eigenvalue weighted by atomic mass is 9.93. The van der Waals surface area contributed by atoms with Crippen molar-refractivity contribution in [2.24, 2.45) is 4.99 Å². The standard InChI is InChI=1S/C26H22N8O/c1-32-8-10-33(11-9-32)17-2-5-21-22(13-17)31-25(30-21)19-4-3-18(20-14-27-26(35)24(19)20)16-6-7-34-23(12-16)28-15-29-34/h2-7,12-15H,8-11H2,1H3,(H,30,31). The van der Waals surface area contributed by atoms with Gasteiger partial charge in [0, 0.05) is 55.4 Å². The normalized spacial score (nSPS) is 16.0. The Hall–Kier alpha value is -4.37. The molecule has 3 aromatic heterocycles. The Kier molecular flexibility index (Phi) is 4.34. The molecule has 1 saturated heterocycles. The fourth-order valence-electron chi connectivity index (χ4n) is 4.99. The highest BCUT2D eigenvalue weighted by atomic mass is 16.1. The molecule has 0 radical (unpaired) electrons. The number of imidazole rings is 1. The van der Waals surface area contributed by atoms with Crippen LogP contribution in [-0.4, -0.2) is 74.8 Å². The number of aromatic amines is 1. The number of nitrogens with zero attached hydrogens (tertiary/aromatic N) is 7. The molecule has 2 aliphatic heterocycles. The van der Waals surface area contributed by atoms with Crippen LogP contribution in [0.15, 0.2) is 60.0 Å². The van der Waals surface area contributed by atoms with Crippen LogP contribution in [0.4, 0.5) is 5.69 Å². The van der Waals surface area contributed by atoms with Gasteiger partial charge in [0.2, 0.25) is 0 Å². The van der Waals surface area contributed by atoms with E-state index in [0.29, 0.717) is 11.4 Å². The van der Waals surface area contributed by atoms with Crippen LogP contribution in [0, 0.1) is 0 Å². The molecule has 35 heavy (non-hydrogen) atoms. The summed E-state index contributed by atoms with van der Waals surface area (Å²) < 4.78 is 1.71. The number of rotatable bonds is 3. The van der Waals surface area contributed by atoms with Crippen LogP contribution in [-0.2, 0) is 0 Å². The Balaban J connectivity index is 1.30. The third-order valence-electron chi connectivity index (χ3n) is 6.95. The van der Waals surface area contributed by atoms with E-state index < -0.39 is 0 Å². The average Bonchev–Trinajstić information content (AvgIpc) is 3.61. The van der Waals surface area contributed by atoms with Gasteiger partial charge in [0.15, 0.2) is 5.65 Å². The highest BCUT2D eigenvalue weighted by molar-refractivity contribution is 6.19. The van der Waals surface area contributed by atoms with E-state index in [0.717, 1.165) is 65.1 Å². The van der Waals surface area contributed by atoms with Crippen molar-refractivity contribution in [1.82, 2.24) is 29.5 Å². The second-order valence-corrected chi connectivity index (χ2v) is 9.07. The van der Waals surface area contributed by atoms with Crippen molar-refractivity contribution in [2.75, 3.05) is 38.1 Å². The van der Waals surface area contributed by atoms with Crippen LogP contribution >= 0.6 is 0 Å². The number of piperazine rings is 1. The number of amides is 1. The lowest BCUT2D eigenvalue weighted by Gasteiger charge is -2.34. The Bertz CT molecular complexity index is 1660. The van der Waals surface area contributed by atoms with E-state index in [-0.39, 0.29) is 5.91 Å². The molecule has 1 N–H and O–H groups in total. The lowest BCUT2D eigenvalue weighted by Crippen LogP contribution is -2.44. The fraction of sp³-hybridized carbons (Fsp3) is 0.192. The van der Waals surface area contributed by atoms with Gasteiger partial charge in [-0.15, -0.1) is 0 Å². The molecule has 5 heterocycles. The summed E-state index contributed by atoms with van der Waals surface area (Å²) in [6.07, 6.45) is 5.04. The third kappa shape index (κ3) is 3.23. The molecule has 9 heteroatoms. The van der Waals surface area contributed by atoms with Crippen LogP contribution in [0.5, 0.6) is 0 Å². The van der Waals surface area contributed by atoms with Crippen molar-refractivity contribution in [3.8, 4) is 22.5 Å². The molecule has 0 saturated carbocycles. The molecular formula is C26H22N8O. The van der Waals surface area contributed by atoms with Gasteiger partial charge >= 0.3 is 0 Å². The Morgan fingerprint density at radius 2 is 1.83 bits per heavy atom. The number of pyridine rings is 1. The molecule has 7 rings (SSSR count).